The number of nitrogens with one attached hydrogen (secondary N) is 1. The highest BCUT2D eigenvalue weighted by Crippen LogP contribution is 2.20. The Labute approximate surface area is 158 Å². The molecule has 1 fully saturated rings. The van der Waals surface area contributed by atoms with Gasteiger partial charge in [-0.3, -0.25) is 0 Å². The van der Waals surface area contributed by atoms with E-state index in [1.807, 2.05) is 30.3 Å². The molecule has 0 bridgehead atoms. The summed E-state index contributed by atoms with van der Waals surface area (Å²) in [6, 6.07) is 15.0. The molecule has 27 heavy (non-hydrogen) atoms. The molecule has 3 rings (SSSR count). The summed E-state index contributed by atoms with van der Waals surface area (Å²) in [7, 11) is -3.89. The summed E-state index contributed by atoms with van der Waals surface area (Å²) in [6.07, 6.45) is 0.730. The maximum atomic E-state index is 13.8. The topological polar surface area (TPSA) is 69.7 Å². The molecule has 1 aliphatic rings. The Kier molecular flexibility index (Phi) is 6.08. The number of piperazine rings is 1. The Bertz CT molecular complexity index is 882. The number of sulfonamides is 1. The predicted octanol–water partition coefficient (Wildman–Crippen LogP) is 2.08. The first-order valence-corrected chi connectivity index (χ1v) is 10.2. The number of amides is 2. The first kappa shape index (κ1) is 19.3. The number of nitrogens with zero attached hydrogens (tertiary/aromatic N) is 2. The summed E-state index contributed by atoms with van der Waals surface area (Å²) < 4.78 is 40.2. The molecule has 0 atom stereocenters. The van der Waals surface area contributed by atoms with Crippen molar-refractivity contribution >= 4 is 16.1 Å². The van der Waals surface area contributed by atoms with Crippen molar-refractivity contribution in [1.29, 1.82) is 0 Å². The van der Waals surface area contributed by atoms with Gasteiger partial charge in [-0.2, -0.15) is 4.31 Å². The Hall–Kier alpha value is -2.45. The van der Waals surface area contributed by atoms with Gasteiger partial charge in [0.15, 0.2) is 0 Å². The molecular weight excluding hydrogens is 369 g/mol. The standard InChI is InChI=1S/C19H22FN3O3S/c20-17-8-4-5-9-18(17)27(25,26)23-14-12-22(13-15-23)19(24)21-11-10-16-6-2-1-3-7-16/h1-9H,10-15H2,(H,21,24). The lowest BCUT2D eigenvalue weighted by Gasteiger charge is -2.34. The summed E-state index contributed by atoms with van der Waals surface area (Å²) >= 11 is 0. The highest BCUT2D eigenvalue weighted by molar-refractivity contribution is 7.89. The van der Waals surface area contributed by atoms with Crippen LogP contribution in [0.3, 0.4) is 0 Å². The van der Waals surface area contributed by atoms with E-state index >= 15 is 0 Å². The molecule has 2 aromatic carbocycles. The van der Waals surface area contributed by atoms with Crippen LogP contribution in [0, 0.1) is 5.82 Å². The van der Waals surface area contributed by atoms with E-state index in [9.17, 15) is 17.6 Å². The van der Waals surface area contributed by atoms with Crippen LogP contribution >= 0.6 is 0 Å². The molecule has 0 aromatic heterocycles. The molecule has 0 saturated carbocycles. The van der Waals surface area contributed by atoms with Gasteiger partial charge in [0.25, 0.3) is 0 Å². The zero-order valence-electron chi connectivity index (χ0n) is 14.8. The molecule has 8 heteroatoms. The van der Waals surface area contributed by atoms with Gasteiger partial charge in [-0.1, -0.05) is 42.5 Å². The fourth-order valence-corrected chi connectivity index (χ4v) is 4.48. The smallest absolute Gasteiger partial charge is 0.317 e. The van der Waals surface area contributed by atoms with E-state index in [4.69, 9.17) is 0 Å². The van der Waals surface area contributed by atoms with Crippen LogP contribution in [0.25, 0.3) is 0 Å². The fourth-order valence-electron chi connectivity index (χ4n) is 2.99. The van der Waals surface area contributed by atoms with Crippen molar-refractivity contribution in [2.45, 2.75) is 11.3 Å². The minimum atomic E-state index is -3.89. The molecular formula is C19H22FN3O3S. The third-order valence-electron chi connectivity index (χ3n) is 4.51. The number of benzene rings is 2. The summed E-state index contributed by atoms with van der Waals surface area (Å²) in [6.45, 7) is 1.33. The number of rotatable bonds is 5. The number of carbonyl (C=O) groups excluding carboxylic acids is 1. The minimum Gasteiger partial charge on any atom is -0.338 e. The van der Waals surface area contributed by atoms with Crippen LogP contribution in [0.1, 0.15) is 5.56 Å². The van der Waals surface area contributed by atoms with Crippen molar-refractivity contribution in [3.63, 3.8) is 0 Å². The number of hydrogen-bond acceptors (Lipinski definition) is 3. The summed E-state index contributed by atoms with van der Waals surface area (Å²) in [4.78, 5) is 13.5. The second-order valence-electron chi connectivity index (χ2n) is 6.29. The molecule has 1 heterocycles. The monoisotopic (exact) mass is 391 g/mol. The molecule has 1 aliphatic heterocycles. The van der Waals surface area contributed by atoms with Gasteiger partial charge in [0, 0.05) is 32.7 Å². The van der Waals surface area contributed by atoms with E-state index in [-0.39, 0.29) is 37.1 Å². The molecule has 0 aliphatic carbocycles. The van der Waals surface area contributed by atoms with Crippen molar-refractivity contribution < 1.29 is 17.6 Å². The SMILES string of the molecule is O=C(NCCc1ccccc1)N1CCN(S(=O)(=O)c2ccccc2F)CC1. The van der Waals surface area contributed by atoms with Crippen LogP contribution in [-0.2, 0) is 16.4 Å². The Morgan fingerprint density at radius 1 is 0.963 bits per heavy atom. The Morgan fingerprint density at radius 3 is 2.26 bits per heavy atom. The van der Waals surface area contributed by atoms with E-state index in [0.29, 0.717) is 6.54 Å². The number of halogens is 1. The molecule has 2 aromatic rings. The van der Waals surface area contributed by atoms with Gasteiger partial charge in [0.2, 0.25) is 10.0 Å². The highest BCUT2D eigenvalue weighted by Gasteiger charge is 2.31. The number of hydrogen-bond donors (Lipinski definition) is 1. The van der Waals surface area contributed by atoms with E-state index < -0.39 is 15.8 Å². The first-order chi connectivity index (χ1) is 13.0. The van der Waals surface area contributed by atoms with Gasteiger partial charge in [0.05, 0.1) is 0 Å². The number of carbonyl (C=O) groups is 1. The van der Waals surface area contributed by atoms with Crippen molar-refractivity contribution in [1.82, 2.24) is 14.5 Å². The van der Waals surface area contributed by atoms with Crippen molar-refractivity contribution in [3.05, 3.63) is 66.0 Å². The molecule has 2 amide bonds. The van der Waals surface area contributed by atoms with Crippen LogP contribution in [0.4, 0.5) is 9.18 Å². The molecule has 0 unspecified atom stereocenters. The Balaban J connectivity index is 1.51. The van der Waals surface area contributed by atoms with E-state index in [0.717, 1.165) is 18.1 Å². The van der Waals surface area contributed by atoms with Crippen molar-refractivity contribution in [2.24, 2.45) is 0 Å². The molecule has 144 valence electrons. The van der Waals surface area contributed by atoms with Gasteiger partial charge < -0.3 is 10.2 Å². The van der Waals surface area contributed by atoms with Gasteiger partial charge in [-0.15, -0.1) is 0 Å². The van der Waals surface area contributed by atoms with Gasteiger partial charge in [-0.25, -0.2) is 17.6 Å². The average molecular weight is 391 g/mol. The van der Waals surface area contributed by atoms with E-state index in [1.165, 1.54) is 22.5 Å². The second-order valence-corrected chi connectivity index (χ2v) is 8.20. The molecule has 0 spiro atoms. The quantitative estimate of drug-likeness (QED) is 0.849. The lowest BCUT2D eigenvalue weighted by atomic mass is 10.1. The summed E-state index contributed by atoms with van der Waals surface area (Å²) in [5.74, 6) is -0.765. The maximum Gasteiger partial charge on any atom is 0.317 e. The van der Waals surface area contributed by atoms with E-state index in [2.05, 4.69) is 5.32 Å². The van der Waals surface area contributed by atoms with Crippen LogP contribution in [-0.4, -0.2) is 56.4 Å². The zero-order valence-corrected chi connectivity index (χ0v) is 15.7. The van der Waals surface area contributed by atoms with Gasteiger partial charge >= 0.3 is 6.03 Å². The Morgan fingerprint density at radius 2 is 1.59 bits per heavy atom. The fraction of sp³-hybridized carbons (Fsp3) is 0.316. The van der Waals surface area contributed by atoms with Gasteiger partial charge in [-0.05, 0) is 24.1 Å². The highest BCUT2D eigenvalue weighted by atomic mass is 32.2. The third kappa shape index (κ3) is 4.64. The van der Waals surface area contributed by atoms with Crippen molar-refractivity contribution in [3.8, 4) is 0 Å². The normalized spacial score (nSPS) is 15.5. The zero-order chi connectivity index (χ0) is 19.3. The largest absolute Gasteiger partial charge is 0.338 e. The third-order valence-corrected chi connectivity index (χ3v) is 6.44. The van der Waals surface area contributed by atoms with E-state index in [1.54, 1.807) is 4.90 Å². The molecule has 6 nitrogen and oxygen atoms in total. The van der Waals surface area contributed by atoms with Crippen LogP contribution in [0.2, 0.25) is 0 Å². The van der Waals surface area contributed by atoms with Crippen LogP contribution in [0.15, 0.2) is 59.5 Å². The van der Waals surface area contributed by atoms with Crippen LogP contribution < -0.4 is 5.32 Å². The van der Waals surface area contributed by atoms with Gasteiger partial charge in [0.1, 0.15) is 10.7 Å². The summed E-state index contributed by atoms with van der Waals surface area (Å²) in [5.41, 5.74) is 1.14. The predicted molar refractivity (Wildman–Crippen MR) is 100 cm³/mol. The second kappa shape index (κ2) is 8.49. The molecule has 1 saturated heterocycles. The average Bonchev–Trinajstić information content (AvgIpc) is 2.69. The van der Waals surface area contributed by atoms with Crippen molar-refractivity contribution in [2.75, 3.05) is 32.7 Å². The first-order valence-electron chi connectivity index (χ1n) is 8.80. The lowest BCUT2D eigenvalue weighted by molar-refractivity contribution is 0.172. The summed E-state index contributed by atoms with van der Waals surface area (Å²) in [5, 5.41) is 2.85. The minimum absolute atomic E-state index is 0.142. The van der Waals surface area contributed by atoms with Crippen LogP contribution in [0.5, 0.6) is 0 Å². The number of urea groups is 1. The lowest BCUT2D eigenvalue weighted by Crippen LogP contribution is -2.53. The molecule has 1 N–H and O–H groups in total. The molecule has 0 radical (unpaired) electrons. The maximum absolute atomic E-state index is 13.8.